The molecular weight excluding hydrogens is 632 g/mol. The van der Waals surface area contributed by atoms with Gasteiger partial charge < -0.3 is 36.4 Å². The Kier molecular flexibility index (Phi) is 10.6. The number of aliphatic carboxylic acids is 1. The molecule has 2 aliphatic heterocycles. The number of ether oxygens (including phenoxy) is 1. The minimum Gasteiger partial charge on any atom is -0.489 e. The van der Waals surface area contributed by atoms with Crippen molar-refractivity contribution in [1.29, 1.82) is 5.41 Å². The monoisotopic (exact) mass is 666 g/mol. The summed E-state index contributed by atoms with van der Waals surface area (Å²) >= 11 is 1.06. The molecule has 17 nitrogen and oxygen atoms in total. The second-order valence-electron chi connectivity index (χ2n) is 10.3. The number of benzene rings is 1. The SMILES string of the molecule is CCc1sc(N)nc1/C(=N/OC(COc1ccc(C(=N)N[C@H]2CCCNC2)cc1)C(=O)O)C(=O)N[C@@H]1C(=O)N(S(=O)(=O)O)[C@H]1C. The number of nitrogens with one attached hydrogen (secondary N) is 4. The van der Waals surface area contributed by atoms with Crippen LogP contribution >= 0.6 is 11.3 Å². The number of nitrogens with two attached hydrogens (primary N) is 1. The largest absolute Gasteiger partial charge is 0.489 e. The van der Waals surface area contributed by atoms with Crippen LogP contribution in [0, 0.1) is 5.41 Å². The van der Waals surface area contributed by atoms with E-state index in [1.165, 1.54) is 6.92 Å². The molecule has 2 fully saturated rings. The topological polar surface area (TPSA) is 259 Å². The van der Waals surface area contributed by atoms with E-state index >= 15 is 0 Å². The van der Waals surface area contributed by atoms with Crippen molar-refractivity contribution in [3.8, 4) is 5.75 Å². The lowest BCUT2D eigenvalue weighted by molar-refractivity contribution is -0.152. The predicted octanol–water partition coefficient (Wildman–Crippen LogP) is -0.274. The highest BCUT2D eigenvalue weighted by atomic mass is 32.2. The van der Waals surface area contributed by atoms with Crippen LogP contribution in [0.2, 0.25) is 0 Å². The highest BCUT2D eigenvalue weighted by molar-refractivity contribution is 7.84. The van der Waals surface area contributed by atoms with Crippen LogP contribution in [0.1, 0.15) is 42.8 Å². The van der Waals surface area contributed by atoms with Crippen molar-refractivity contribution in [2.45, 2.75) is 57.3 Å². The van der Waals surface area contributed by atoms with Crippen LogP contribution in [-0.2, 0) is 35.9 Å². The molecule has 2 saturated heterocycles. The van der Waals surface area contributed by atoms with Gasteiger partial charge in [-0.1, -0.05) is 12.1 Å². The van der Waals surface area contributed by atoms with E-state index in [-0.39, 0.29) is 27.0 Å². The van der Waals surface area contributed by atoms with E-state index < -0.39 is 58.6 Å². The van der Waals surface area contributed by atoms with E-state index in [0.29, 0.717) is 22.6 Å². The number of β-lactam (4-membered cyclic amide) rings is 1. The average molecular weight is 667 g/mol. The number of hydrogen-bond donors (Lipinski definition) is 7. The summed E-state index contributed by atoms with van der Waals surface area (Å²) in [5, 5.41) is 30.7. The van der Waals surface area contributed by atoms with Crippen LogP contribution in [0.3, 0.4) is 0 Å². The summed E-state index contributed by atoms with van der Waals surface area (Å²) in [6.07, 6.45) is 0.663. The second-order valence-corrected chi connectivity index (χ2v) is 12.7. The van der Waals surface area contributed by atoms with Gasteiger partial charge in [0.1, 0.15) is 29.9 Å². The number of piperidine rings is 1. The lowest BCUT2D eigenvalue weighted by Crippen LogP contribution is -2.71. The van der Waals surface area contributed by atoms with Crippen molar-refractivity contribution in [3.63, 3.8) is 0 Å². The Bertz CT molecular complexity index is 1570. The molecule has 3 heterocycles. The molecule has 45 heavy (non-hydrogen) atoms. The van der Waals surface area contributed by atoms with Crippen molar-refractivity contribution < 1.29 is 42.0 Å². The number of aromatic nitrogens is 1. The highest BCUT2D eigenvalue weighted by Gasteiger charge is 2.51. The molecule has 0 aliphatic carbocycles. The van der Waals surface area contributed by atoms with E-state index in [4.69, 9.17) is 20.7 Å². The van der Waals surface area contributed by atoms with Crippen molar-refractivity contribution in [2.24, 2.45) is 5.16 Å². The number of anilines is 1. The van der Waals surface area contributed by atoms with Gasteiger partial charge in [0.25, 0.3) is 17.9 Å². The molecule has 1 unspecified atom stereocenters. The number of carboxylic acid groups (broad SMARTS) is 1. The van der Waals surface area contributed by atoms with E-state index in [1.54, 1.807) is 31.2 Å². The zero-order valence-electron chi connectivity index (χ0n) is 24.3. The third kappa shape index (κ3) is 8.04. The van der Waals surface area contributed by atoms with Gasteiger partial charge in [-0.05, 0) is 57.0 Å². The van der Waals surface area contributed by atoms with Crippen molar-refractivity contribution in [2.75, 3.05) is 25.4 Å². The minimum absolute atomic E-state index is 0.00993. The molecule has 4 atom stereocenters. The minimum atomic E-state index is -4.83. The third-order valence-corrected chi connectivity index (χ3v) is 9.12. The molecule has 19 heteroatoms. The zero-order valence-corrected chi connectivity index (χ0v) is 26.0. The molecule has 0 radical (unpaired) electrons. The van der Waals surface area contributed by atoms with Gasteiger partial charge in [-0.3, -0.25) is 19.6 Å². The summed E-state index contributed by atoms with van der Waals surface area (Å²) in [6.45, 7) is 4.27. The van der Waals surface area contributed by atoms with Gasteiger partial charge in [-0.25, -0.2) is 14.1 Å². The second kappa shape index (κ2) is 14.2. The highest BCUT2D eigenvalue weighted by Crippen LogP contribution is 2.25. The average Bonchev–Trinajstić information content (AvgIpc) is 3.37. The molecular formula is C26H34N8O9S2. The number of amides is 2. The van der Waals surface area contributed by atoms with Gasteiger partial charge in [-0.15, -0.1) is 11.3 Å². The Morgan fingerprint density at radius 2 is 2.02 bits per heavy atom. The Balaban J connectivity index is 1.45. The van der Waals surface area contributed by atoms with Crippen molar-refractivity contribution in [1.82, 2.24) is 25.2 Å². The first-order valence-corrected chi connectivity index (χ1v) is 16.1. The van der Waals surface area contributed by atoms with Crippen LogP contribution in [0.5, 0.6) is 5.75 Å². The molecule has 0 bridgehead atoms. The fourth-order valence-electron chi connectivity index (χ4n) is 4.72. The van der Waals surface area contributed by atoms with Crippen LogP contribution in [0.25, 0.3) is 0 Å². The number of thiazole rings is 1. The van der Waals surface area contributed by atoms with Crippen LogP contribution in [0.4, 0.5) is 5.13 Å². The molecule has 0 spiro atoms. The number of carboxylic acids is 1. The van der Waals surface area contributed by atoms with E-state index in [2.05, 4.69) is 26.1 Å². The molecule has 8 N–H and O–H groups in total. The maximum Gasteiger partial charge on any atom is 0.362 e. The van der Waals surface area contributed by atoms with Crippen molar-refractivity contribution >= 4 is 56.1 Å². The molecule has 2 aliphatic rings. The number of carbonyl (C=O) groups is 3. The number of nitrogen functional groups attached to an aromatic ring is 1. The summed E-state index contributed by atoms with van der Waals surface area (Å²) in [6, 6.07) is 4.17. The van der Waals surface area contributed by atoms with Gasteiger partial charge in [-0.2, -0.15) is 8.42 Å². The molecule has 4 rings (SSSR count). The first-order chi connectivity index (χ1) is 21.3. The number of aryl methyl sites for hydroxylation is 1. The lowest BCUT2D eigenvalue weighted by Gasteiger charge is -2.42. The molecule has 2 aromatic rings. The first kappa shape index (κ1) is 33.6. The number of rotatable bonds is 13. The van der Waals surface area contributed by atoms with Gasteiger partial charge in [0.05, 0.1) is 6.04 Å². The lowest BCUT2D eigenvalue weighted by atomic mass is 10.0. The number of amidine groups is 1. The summed E-state index contributed by atoms with van der Waals surface area (Å²) in [4.78, 5) is 47.4. The quantitative estimate of drug-likeness (QED) is 0.0478. The molecule has 244 valence electrons. The molecule has 1 aromatic heterocycles. The number of carbonyl (C=O) groups excluding carboxylic acids is 2. The molecule has 2 amide bonds. The standard InChI is InChI=1S/C26H34N8O9S2/c1-3-18-20(32-26(28)44-18)21(23(35)31-19-13(2)34(24(19)36)45(39,40)41)33-43-17(25(37)38)12-42-16-8-6-14(7-9-16)22(27)30-15-5-4-10-29-11-15/h6-9,13,15,17,19,29H,3-5,10-12H2,1-2H3,(H2,27,30)(H2,28,32)(H,31,35)(H,37,38)(H,39,40,41)/b33-21-/t13-,15-,17?,19-/m0/s1. The van der Waals surface area contributed by atoms with E-state index in [0.717, 1.165) is 37.3 Å². The third-order valence-electron chi connectivity index (χ3n) is 7.08. The maximum absolute atomic E-state index is 13.3. The van der Waals surface area contributed by atoms with Crippen LogP contribution < -0.4 is 26.4 Å². The first-order valence-electron chi connectivity index (χ1n) is 13.9. The smallest absolute Gasteiger partial charge is 0.362 e. The summed E-state index contributed by atoms with van der Waals surface area (Å²) in [7, 11) is -4.83. The van der Waals surface area contributed by atoms with E-state index in [9.17, 15) is 32.5 Å². The maximum atomic E-state index is 13.3. The van der Waals surface area contributed by atoms with Gasteiger partial charge in [0.2, 0.25) is 0 Å². The summed E-state index contributed by atoms with van der Waals surface area (Å²) in [5.41, 5.74) is 5.93. The van der Waals surface area contributed by atoms with Crippen molar-refractivity contribution in [3.05, 3.63) is 40.4 Å². The number of hydrogen-bond acceptors (Lipinski definition) is 13. The van der Waals surface area contributed by atoms with Gasteiger partial charge in [0, 0.05) is 23.0 Å². The normalized spacial score (nSPS) is 21.0. The number of oxime groups is 1. The van der Waals surface area contributed by atoms with Gasteiger partial charge in [0.15, 0.2) is 10.8 Å². The zero-order chi connectivity index (χ0) is 32.9. The Hall–Kier alpha value is -4.33. The predicted molar refractivity (Wildman–Crippen MR) is 163 cm³/mol. The molecule has 1 aromatic carbocycles. The Morgan fingerprint density at radius 3 is 2.60 bits per heavy atom. The Labute approximate surface area is 262 Å². The van der Waals surface area contributed by atoms with Crippen LogP contribution in [-0.4, -0.2) is 101 Å². The van der Waals surface area contributed by atoms with Crippen LogP contribution in [0.15, 0.2) is 29.4 Å². The Morgan fingerprint density at radius 1 is 1.31 bits per heavy atom. The molecule has 0 saturated carbocycles. The number of nitrogens with zero attached hydrogens (tertiary/aromatic N) is 3. The van der Waals surface area contributed by atoms with Gasteiger partial charge >= 0.3 is 16.3 Å². The van der Waals surface area contributed by atoms with E-state index in [1.807, 2.05) is 0 Å². The summed E-state index contributed by atoms with van der Waals surface area (Å²) < 4.78 is 37.9. The fraction of sp³-hybridized carbons (Fsp3) is 0.462. The summed E-state index contributed by atoms with van der Waals surface area (Å²) in [5.74, 6) is -3.01. The fourth-order valence-corrected chi connectivity index (χ4v) is 6.37.